The Morgan fingerprint density at radius 3 is 2.40 bits per heavy atom. The fourth-order valence-corrected chi connectivity index (χ4v) is 5.07. The smallest absolute Gasteiger partial charge is 0.339 e. The first-order valence-corrected chi connectivity index (χ1v) is 13.0. The molecular formula is C27H31BrClNO5. The maximum Gasteiger partial charge on any atom is 0.339 e. The molecule has 8 heteroatoms. The van der Waals surface area contributed by atoms with Crippen molar-refractivity contribution in [2.75, 3.05) is 11.9 Å². The van der Waals surface area contributed by atoms with Gasteiger partial charge in [-0.05, 0) is 83.3 Å². The summed E-state index contributed by atoms with van der Waals surface area (Å²) >= 11 is 9.53. The van der Waals surface area contributed by atoms with Crippen LogP contribution in [0.2, 0.25) is 5.02 Å². The molecule has 1 fully saturated rings. The average molecular weight is 565 g/mol. The number of anilines is 1. The highest BCUT2D eigenvalue weighted by Gasteiger charge is 2.34. The normalized spacial score (nSPS) is 19.8. The summed E-state index contributed by atoms with van der Waals surface area (Å²) in [6.45, 7) is 7.71. The minimum Gasteiger partial charge on any atom is -0.458 e. The first-order valence-electron chi connectivity index (χ1n) is 11.8. The van der Waals surface area contributed by atoms with Gasteiger partial charge in [-0.1, -0.05) is 50.9 Å². The van der Waals surface area contributed by atoms with Crippen LogP contribution in [0.15, 0.2) is 40.9 Å². The predicted octanol–water partition coefficient (Wildman–Crippen LogP) is 6.82. The molecule has 0 aliphatic heterocycles. The van der Waals surface area contributed by atoms with Crippen LogP contribution in [0.4, 0.5) is 5.69 Å². The number of hydrogen-bond donors (Lipinski definition) is 1. The van der Waals surface area contributed by atoms with E-state index in [1.165, 1.54) is 6.07 Å². The lowest BCUT2D eigenvalue weighted by atomic mass is 9.75. The van der Waals surface area contributed by atoms with Gasteiger partial charge in [-0.2, -0.15) is 0 Å². The maximum atomic E-state index is 13.1. The SMILES string of the molecule is Cc1c(NC(=O)COC(=O)c2ccccc2C(=O)O[C@@H]2C[C@H](C)CC[C@@H]2C(C)C)ccc(Br)c1Cl. The highest BCUT2D eigenvalue weighted by Crippen LogP contribution is 2.36. The van der Waals surface area contributed by atoms with Crippen LogP contribution < -0.4 is 5.32 Å². The Morgan fingerprint density at radius 2 is 1.74 bits per heavy atom. The van der Waals surface area contributed by atoms with E-state index in [1.807, 2.05) is 0 Å². The van der Waals surface area contributed by atoms with Crippen molar-refractivity contribution in [2.24, 2.45) is 17.8 Å². The summed E-state index contributed by atoms with van der Waals surface area (Å²) < 4.78 is 11.8. The number of ether oxygens (including phenoxy) is 2. The molecule has 0 heterocycles. The Kier molecular flexibility index (Phi) is 9.36. The molecule has 1 saturated carbocycles. The van der Waals surface area contributed by atoms with Crippen molar-refractivity contribution in [3.63, 3.8) is 0 Å². The van der Waals surface area contributed by atoms with Crippen molar-refractivity contribution < 1.29 is 23.9 Å². The van der Waals surface area contributed by atoms with Gasteiger partial charge in [0.15, 0.2) is 6.61 Å². The van der Waals surface area contributed by atoms with Crippen LogP contribution in [0.1, 0.15) is 66.3 Å². The number of carbonyl (C=O) groups is 3. The Bertz CT molecular complexity index is 1100. The minimum absolute atomic E-state index is 0.0677. The zero-order chi connectivity index (χ0) is 25.7. The Morgan fingerprint density at radius 1 is 1.09 bits per heavy atom. The van der Waals surface area contributed by atoms with Crippen molar-refractivity contribution >= 4 is 51.1 Å². The molecule has 3 rings (SSSR count). The van der Waals surface area contributed by atoms with Crippen LogP contribution in [0.25, 0.3) is 0 Å². The molecule has 188 valence electrons. The van der Waals surface area contributed by atoms with E-state index in [2.05, 4.69) is 42.0 Å². The standard InChI is InChI=1S/C27H31BrClNO5/c1-15(2)18-10-9-16(3)13-23(18)35-27(33)20-8-6-5-7-19(20)26(32)34-14-24(31)30-22-12-11-21(28)25(29)17(22)4/h5-8,11-12,15-16,18,23H,9-10,13-14H2,1-4H3,(H,30,31)/t16-,18-,23-/m1/s1. The van der Waals surface area contributed by atoms with Crippen molar-refractivity contribution in [3.8, 4) is 0 Å². The van der Waals surface area contributed by atoms with Crippen molar-refractivity contribution in [1.29, 1.82) is 0 Å². The van der Waals surface area contributed by atoms with E-state index in [9.17, 15) is 14.4 Å². The highest BCUT2D eigenvalue weighted by atomic mass is 79.9. The fourth-order valence-electron chi connectivity index (χ4n) is 4.47. The van der Waals surface area contributed by atoms with Crippen LogP contribution >= 0.6 is 27.5 Å². The van der Waals surface area contributed by atoms with Crippen LogP contribution in [-0.4, -0.2) is 30.6 Å². The van der Waals surface area contributed by atoms with Crippen LogP contribution in [-0.2, 0) is 14.3 Å². The van der Waals surface area contributed by atoms with E-state index in [0.29, 0.717) is 32.6 Å². The molecule has 1 amide bonds. The van der Waals surface area contributed by atoms with E-state index >= 15 is 0 Å². The summed E-state index contributed by atoms with van der Waals surface area (Å²) in [5.41, 5.74) is 1.41. The molecule has 1 aliphatic carbocycles. The Balaban J connectivity index is 1.65. The van der Waals surface area contributed by atoms with Gasteiger partial charge < -0.3 is 14.8 Å². The lowest BCUT2D eigenvalue weighted by Gasteiger charge is -2.36. The van der Waals surface area contributed by atoms with Gasteiger partial charge in [0.2, 0.25) is 0 Å². The number of nitrogens with one attached hydrogen (secondary N) is 1. The molecular weight excluding hydrogens is 534 g/mol. The van der Waals surface area contributed by atoms with Gasteiger partial charge >= 0.3 is 11.9 Å². The summed E-state index contributed by atoms with van der Waals surface area (Å²) in [6.07, 6.45) is 2.75. The number of carbonyl (C=O) groups excluding carboxylic acids is 3. The molecule has 0 spiro atoms. The molecule has 1 aliphatic rings. The third-order valence-electron chi connectivity index (χ3n) is 6.53. The van der Waals surface area contributed by atoms with Crippen LogP contribution in [0.5, 0.6) is 0 Å². The van der Waals surface area contributed by atoms with Crippen LogP contribution in [0, 0.1) is 24.7 Å². The molecule has 0 bridgehead atoms. The summed E-state index contributed by atoms with van der Waals surface area (Å²) in [7, 11) is 0. The number of hydrogen-bond acceptors (Lipinski definition) is 5. The third-order valence-corrected chi connectivity index (χ3v) is 7.91. The third kappa shape index (κ3) is 6.85. The van der Waals surface area contributed by atoms with E-state index in [4.69, 9.17) is 21.1 Å². The molecule has 0 saturated heterocycles. The van der Waals surface area contributed by atoms with Gasteiger partial charge in [-0.3, -0.25) is 4.79 Å². The Labute approximate surface area is 219 Å². The number of benzene rings is 2. The summed E-state index contributed by atoms with van der Waals surface area (Å²) in [5, 5.41) is 3.17. The Hall–Kier alpha value is -2.38. The average Bonchev–Trinajstić information content (AvgIpc) is 2.82. The van der Waals surface area contributed by atoms with E-state index in [-0.39, 0.29) is 23.1 Å². The van der Waals surface area contributed by atoms with Gasteiger partial charge in [0.25, 0.3) is 5.91 Å². The highest BCUT2D eigenvalue weighted by molar-refractivity contribution is 9.10. The number of amides is 1. The zero-order valence-corrected chi connectivity index (χ0v) is 22.7. The quantitative estimate of drug-likeness (QED) is 0.373. The first kappa shape index (κ1) is 27.2. The summed E-state index contributed by atoms with van der Waals surface area (Å²) in [4.78, 5) is 38.2. The molecule has 2 aromatic rings. The largest absolute Gasteiger partial charge is 0.458 e. The number of rotatable bonds is 7. The lowest BCUT2D eigenvalue weighted by molar-refractivity contribution is -0.119. The van der Waals surface area contributed by atoms with Gasteiger partial charge in [0, 0.05) is 10.2 Å². The second kappa shape index (κ2) is 12.0. The first-order chi connectivity index (χ1) is 16.6. The second-order valence-corrected chi connectivity index (χ2v) is 10.7. The summed E-state index contributed by atoms with van der Waals surface area (Å²) in [5.74, 6) is -0.680. The fraction of sp³-hybridized carbons (Fsp3) is 0.444. The van der Waals surface area contributed by atoms with Gasteiger partial charge in [-0.15, -0.1) is 0 Å². The topological polar surface area (TPSA) is 81.7 Å². The van der Waals surface area contributed by atoms with Gasteiger partial charge in [0.1, 0.15) is 6.10 Å². The molecule has 35 heavy (non-hydrogen) atoms. The van der Waals surface area contributed by atoms with Crippen molar-refractivity contribution in [2.45, 2.75) is 53.1 Å². The number of halogens is 2. The maximum absolute atomic E-state index is 13.1. The van der Waals surface area contributed by atoms with Crippen molar-refractivity contribution in [3.05, 3.63) is 62.6 Å². The molecule has 0 radical (unpaired) electrons. The second-order valence-electron chi connectivity index (χ2n) is 9.47. The number of esters is 2. The zero-order valence-electron chi connectivity index (χ0n) is 20.4. The molecule has 6 nitrogen and oxygen atoms in total. The van der Waals surface area contributed by atoms with E-state index < -0.39 is 24.5 Å². The minimum atomic E-state index is -0.768. The monoisotopic (exact) mass is 563 g/mol. The predicted molar refractivity (Wildman–Crippen MR) is 140 cm³/mol. The molecule has 0 unspecified atom stereocenters. The molecule has 2 aromatic carbocycles. The van der Waals surface area contributed by atoms with Crippen LogP contribution in [0.3, 0.4) is 0 Å². The molecule has 3 atom stereocenters. The van der Waals surface area contributed by atoms with Gasteiger partial charge in [-0.25, -0.2) is 9.59 Å². The molecule has 0 aromatic heterocycles. The van der Waals surface area contributed by atoms with E-state index in [0.717, 1.165) is 19.3 Å². The van der Waals surface area contributed by atoms with Crippen molar-refractivity contribution in [1.82, 2.24) is 0 Å². The summed E-state index contributed by atoms with van der Waals surface area (Å²) in [6, 6.07) is 9.77. The lowest BCUT2D eigenvalue weighted by Crippen LogP contribution is -2.36. The van der Waals surface area contributed by atoms with Gasteiger partial charge in [0.05, 0.1) is 16.1 Å². The molecule has 1 N–H and O–H groups in total. The van der Waals surface area contributed by atoms with E-state index in [1.54, 1.807) is 37.3 Å².